The van der Waals surface area contributed by atoms with Gasteiger partial charge in [-0.05, 0) is 29.2 Å². The monoisotopic (exact) mass is 387 g/mol. The minimum absolute atomic E-state index is 0.0544. The normalized spacial score (nSPS) is 12.1. The van der Waals surface area contributed by atoms with Crippen LogP contribution in [-0.4, -0.2) is 18.2 Å². The molecule has 142 valence electrons. The molecule has 0 aliphatic carbocycles. The van der Waals surface area contributed by atoms with E-state index in [4.69, 9.17) is 0 Å². The lowest BCUT2D eigenvalue weighted by Crippen LogP contribution is -2.15. The third kappa shape index (κ3) is 4.54. The topological polar surface area (TPSA) is 64.0 Å². The van der Waals surface area contributed by atoms with Gasteiger partial charge in [0.05, 0.1) is 11.4 Å². The Balaban J connectivity index is 1.75. The second-order valence-electron chi connectivity index (χ2n) is 7.37. The van der Waals surface area contributed by atoms with Gasteiger partial charge in [0.15, 0.2) is 5.82 Å². The molecule has 0 aliphatic heterocycles. The molecule has 0 fully saturated rings. The van der Waals surface area contributed by atoms with Gasteiger partial charge in [-0.25, -0.2) is 12.8 Å². The molecule has 3 rings (SSSR count). The lowest BCUT2D eigenvalue weighted by Gasteiger charge is -2.19. The van der Waals surface area contributed by atoms with Gasteiger partial charge in [-0.2, -0.15) is 5.10 Å². The molecule has 1 aromatic heterocycles. The highest BCUT2D eigenvalue weighted by atomic mass is 32.2. The van der Waals surface area contributed by atoms with Crippen LogP contribution in [0, 0.1) is 5.82 Å². The van der Waals surface area contributed by atoms with Crippen LogP contribution in [0.5, 0.6) is 0 Å². The van der Waals surface area contributed by atoms with Gasteiger partial charge in [-0.15, -0.1) is 0 Å². The molecule has 0 saturated heterocycles. The zero-order chi connectivity index (χ0) is 19.7. The standard InChI is InChI=1S/C20H22FN3O2S/c1-20(2,3)16-8-10-17(11-9-16)27(25,26)23-19-12-13-24(22-19)14-15-6-4-5-7-18(15)21/h4-13H,14H2,1-3H3,(H,22,23). The molecule has 3 aromatic rings. The highest BCUT2D eigenvalue weighted by molar-refractivity contribution is 7.92. The van der Waals surface area contributed by atoms with Gasteiger partial charge < -0.3 is 0 Å². The van der Waals surface area contributed by atoms with Crippen LogP contribution in [0.1, 0.15) is 31.9 Å². The molecule has 1 N–H and O–H groups in total. The minimum Gasteiger partial charge on any atom is -0.266 e. The van der Waals surface area contributed by atoms with Gasteiger partial charge in [-0.3, -0.25) is 9.40 Å². The Hall–Kier alpha value is -2.67. The van der Waals surface area contributed by atoms with E-state index in [1.54, 1.807) is 42.6 Å². The van der Waals surface area contributed by atoms with E-state index in [-0.39, 0.29) is 28.5 Å². The van der Waals surface area contributed by atoms with Crippen molar-refractivity contribution < 1.29 is 12.8 Å². The van der Waals surface area contributed by atoms with E-state index in [1.165, 1.54) is 10.7 Å². The summed E-state index contributed by atoms with van der Waals surface area (Å²) in [6.45, 7) is 6.42. The summed E-state index contributed by atoms with van der Waals surface area (Å²) in [5.41, 5.74) is 1.48. The molecule has 0 bridgehead atoms. The number of benzene rings is 2. The van der Waals surface area contributed by atoms with Crippen LogP contribution in [0.3, 0.4) is 0 Å². The van der Waals surface area contributed by atoms with Gasteiger partial charge in [-0.1, -0.05) is 51.1 Å². The Morgan fingerprint density at radius 2 is 1.70 bits per heavy atom. The molecule has 7 heteroatoms. The molecule has 2 aromatic carbocycles. The number of sulfonamides is 1. The van der Waals surface area contributed by atoms with E-state index in [1.807, 2.05) is 12.1 Å². The fourth-order valence-electron chi connectivity index (χ4n) is 2.64. The summed E-state index contributed by atoms with van der Waals surface area (Å²) in [5.74, 6) is -0.139. The van der Waals surface area contributed by atoms with Crippen molar-refractivity contribution in [3.8, 4) is 0 Å². The first-order valence-corrected chi connectivity index (χ1v) is 10.0. The lowest BCUT2D eigenvalue weighted by atomic mass is 9.87. The van der Waals surface area contributed by atoms with Crippen LogP contribution in [0.2, 0.25) is 0 Å². The lowest BCUT2D eigenvalue weighted by molar-refractivity contribution is 0.584. The smallest absolute Gasteiger partial charge is 0.263 e. The molecule has 5 nitrogen and oxygen atoms in total. The average molecular weight is 387 g/mol. The molecule has 0 spiro atoms. The second kappa shape index (κ2) is 7.15. The van der Waals surface area contributed by atoms with Crippen molar-refractivity contribution in [2.75, 3.05) is 4.72 Å². The van der Waals surface area contributed by atoms with E-state index in [2.05, 4.69) is 30.6 Å². The van der Waals surface area contributed by atoms with Gasteiger partial charge in [0.1, 0.15) is 5.82 Å². The van der Waals surface area contributed by atoms with E-state index >= 15 is 0 Å². The molecule has 0 radical (unpaired) electrons. The molecule has 1 heterocycles. The summed E-state index contributed by atoms with van der Waals surface area (Å²) in [6, 6.07) is 14.7. The number of anilines is 1. The molecule has 0 amide bonds. The predicted molar refractivity (Wildman–Crippen MR) is 104 cm³/mol. The summed E-state index contributed by atoms with van der Waals surface area (Å²) in [6.07, 6.45) is 1.60. The molecule has 0 unspecified atom stereocenters. The quantitative estimate of drug-likeness (QED) is 0.715. The summed E-state index contributed by atoms with van der Waals surface area (Å²) < 4.78 is 42.8. The third-order valence-electron chi connectivity index (χ3n) is 4.20. The minimum atomic E-state index is -3.74. The molecular weight excluding hydrogens is 365 g/mol. The first kappa shape index (κ1) is 19.1. The number of aromatic nitrogens is 2. The van der Waals surface area contributed by atoms with Crippen molar-refractivity contribution >= 4 is 15.8 Å². The number of rotatable bonds is 5. The fraction of sp³-hybridized carbons (Fsp3) is 0.250. The maximum absolute atomic E-state index is 13.7. The Bertz CT molecular complexity index is 1040. The number of hydrogen-bond donors (Lipinski definition) is 1. The third-order valence-corrected chi connectivity index (χ3v) is 5.57. The van der Waals surface area contributed by atoms with Crippen LogP contribution in [0.4, 0.5) is 10.2 Å². The Kier molecular flexibility index (Phi) is 5.06. The van der Waals surface area contributed by atoms with E-state index in [0.29, 0.717) is 5.56 Å². The summed E-state index contributed by atoms with van der Waals surface area (Å²) in [5, 5.41) is 4.17. The maximum Gasteiger partial charge on any atom is 0.263 e. The van der Waals surface area contributed by atoms with Crippen molar-refractivity contribution in [1.82, 2.24) is 9.78 Å². The van der Waals surface area contributed by atoms with Crippen molar-refractivity contribution in [3.05, 3.63) is 77.7 Å². The van der Waals surface area contributed by atoms with Crippen LogP contribution < -0.4 is 4.72 Å². The largest absolute Gasteiger partial charge is 0.266 e. The Morgan fingerprint density at radius 3 is 2.33 bits per heavy atom. The van der Waals surface area contributed by atoms with E-state index < -0.39 is 10.0 Å². The molecule has 27 heavy (non-hydrogen) atoms. The van der Waals surface area contributed by atoms with Crippen molar-refractivity contribution in [3.63, 3.8) is 0 Å². The second-order valence-corrected chi connectivity index (χ2v) is 9.05. The average Bonchev–Trinajstić information content (AvgIpc) is 3.02. The van der Waals surface area contributed by atoms with Crippen LogP contribution in [0.25, 0.3) is 0 Å². The number of halogens is 1. The first-order chi connectivity index (χ1) is 12.6. The van der Waals surface area contributed by atoms with Crippen molar-refractivity contribution in [2.45, 2.75) is 37.6 Å². The number of nitrogens with zero attached hydrogens (tertiary/aromatic N) is 2. The van der Waals surface area contributed by atoms with Crippen molar-refractivity contribution in [2.24, 2.45) is 0 Å². The maximum atomic E-state index is 13.7. The van der Waals surface area contributed by atoms with Gasteiger partial charge >= 0.3 is 0 Å². The molecule has 0 saturated carbocycles. The molecule has 0 aliphatic rings. The Labute approximate surface area is 158 Å². The van der Waals surface area contributed by atoms with Crippen molar-refractivity contribution in [1.29, 1.82) is 0 Å². The fourth-order valence-corrected chi connectivity index (χ4v) is 3.63. The SMILES string of the molecule is CC(C)(C)c1ccc(S(=O)(=O)Nc2ccn(Cc3ccccc3F)n2)cc1. The van der Waals surface area contributed by atoms with Crippen LogP contribution >= 0.6 is 0 Å². The summed E-state index contributed by atoms with van der Waals surface area (Å²) in [4.78, 5) is 0.166. The Morgan fingerprint density at radius 1 is 1.04 bits per heavy atom. The van der Waals surface area contributed by atoms with E-state index in [9.17, 15) is 12.8 Å². The van der Waals surface area contributed by atoms with Crippen LogP contribution in [0.15, 0.2) is 65.7 Å². The molecule has 0 atom stereocenters. The van der Waals surface area contributed by atoms with Gasteiger partial charge in [0.2, 0.25) is 0 Å². The highest BCUT2D eigenvalue weighted by Crippen LogP contribution is 2.24. The zero-order valence-electron chi connectivity index (χ0n) is 15.5. The number of nitrogens with one attached hydrogen (secondary N) is 1. The first-order valence-electron chi connectivity index (χ1n) is 8.55. The van der Waals surface area contributed by atoms with Gasteiger partial charge in [0.25, 0.3) is 10.0 Å². The highest BCUT2D eigenvalue weighted by Gasteiger charge is 2.18. The summed E-state index contributed by atoms with van der Waals surface area (Å²) in [7, 11) is -3.74. The number of hydrogen-bond acceptors (Lipinski definition) is 3. The van der Waals surface area contributed by atoms with Crippen LogP contribution in [-0.2, 0) is 22.0 Å². The van der Waals surface area contributed by atoms with Gasteiger partial charge in [0, 0.05) is 17.8 Å². The van der Waals surface area contributed by atoms with E-state index in [0.717, 1.165) is 5.56 Å². The summed E-state index contributed by atoms with van der Waals surface area (Å²) >= 11 is 0. The predicted octanol–water partition coefficient (Wildman–Crippen LogP) is 4.17. The molecular formula is C20H22FN3O2S. The zero-order valence-corrected chi connectivity index (χ0v) is 16.3.